The number of aliphatic hydroxyl groups is 1. The number of fused-ring (bicyclic) bond motifs is 1. The number of carbonyl (C=O) groups is 3. The first kappa shape index (κ1) is 40.7. The van der Waals surface area contributed by atoms with E-state index in [1.54, 1.807) is 44.5 Å². The van der Waals surface area contributed by atoms with E-state index in [1.807, 2.05) is 0 Å². The number of halogens is 1. The van der Waals surface area contributed by atoms with Crippen molar-refractivity contribution < 1.29 is 56.8 Å². The molecule has 4 rings (SSSR count). The van der Waals surface area contributed by atoms with Crippen LogP contribution in [0.15, 0.2) is 12.3 Å². The van der Waals surface area contributed by atoms with Crippen LogP contribution in [-0.2, 0) is 58.1 Å². The zero-order valence-corrected chi connectivity index (χ0v) is 31.1. The molecule has 2 aromatic rings. The molecular weight excluding hydrogens is 709 g/mol. The SMILES string of the molecule is CCCC(=O)OCOP(=O)(COC[C@H]1O[C@@H](n2ccc3c(CC4CCCC4)c(C#N)c(Cl)nc32)[C@H](O)[C@@H]1OC(=O)C(C)C)OCOC(=O)CCC. The number of aliphatic hydroxyl groups excluding tert-OH is 1. The minimum atomic E-state index is -4.19. The van der Waals surface area contributed by atoms with Gasteiger partial charge in [-0.2, -0.15) is 5.26 Å². The molecule has 0 radical (unpaired) electrons. The van der Waals surface area contributed by atoms with Crippen LogP contribution >= 0.6 is 19.2 Å². The van der Waals surface area contributed by atoms with Gasteiger partial charge in [0.2, 0.25) is 13.6 Å². The molecular formula is C34H47ClN3O12P. The maximum atomic E-state index is 13.5. The Morgan fingerprint density at radius 3 is 2.31 bits per heavy atom. The number of esters is 3. The molecule has 4 atom stereocenters. The maximum Gasteiger partial charge on any atom is 0.361 e. The van der Waals surface area contributed by atoms with Crippen molar-refractivity contribution in [3.8, 4) is 6.07 Å². The summed E-state index contributed by atoms with van der Waals surface area (Å²) >= 11 is 6.53. The van der Waals surface area contributed by atoms with Gasteiger partial charge in [-0.05, 0) is 36.8 Å². The molecule has 2 aromatic heterocycles. The lowest BCUT2D eigenvalue weighted by Crippen LogP contribution is -2.39. The van der Waals surface area contributed by atoms with Crippen molar-refractivity contribution in [2.75, 3.05) is 26.5 Å². The fourth-order valence-corrected chi connectivity index (χ4v) is 7.24. The van der Waals surface area contributed by atoms with Crippen LogP contribution in [0, 0.1) is 23.2 Å². The molecule has 0 aromatic carbocycles. The number of ether oxygens (including phenoxy) is 5. The summed E-state index contributed by atoms with van der Waals surface area (Å²) in [4.78, 5) is 40.8. The lowest BCUT2D eigenvalue weighted by Gasteiger charge is -2.23. The van der Waals surface area contributed by atoms with Crippen molar-refractivity contribution in [1.82, 2.24) is 9.55 Å². The number of hydrogen-bond donors (Lipinski definition) is 1. The summed E-state index contributed by atoms with van der Waals surface area (Å²) in [6.07, 6.45) is 2.49. The van der Waals surface area contributed by atoms with Gasteiger partial charge < -0.3 is 33.4 Å². The average Bonchev–Trinajstić information content (AvgIpc) is 3.81. The lowest BCUT2D eigenvalue weighted by atomic mass is 9.94. The predicted octanol–water partition coefficient (Wildman–Crippen LogP) is 5.92. The van der Waals surface area contributed by atoms with Gasteiger partial charge in [0.25, 0.3) is 0 Å². The molecule has 2 fully saturated rings. The molecule has 3 heterocycles. The number of hydrogen-bond acceptors (Lipinski definition) is 14. The van der Waals surface area contributed by atoms with Gasteiger partial charge >= 0.3 is 25.5 Å². The minimum Gasteiger partial charge on any atom is -0.456 e. The van der Waals surface area contributed by atoms with E-state index in [0.29, 0.717) is 41.8 Å². The summed E-state index contributed by atoms with van der Waals surface area (Å²) in [6.45, 7) is 5.10. The van der Waals surface area contributed by atoms with Gasteiger partial charge in [0, 0.05) is 24.4 Å². The van der Waals surface area contributed by atoms with Gasteiger partial charge in [0.15, 0.2) is 12.3 Å². The molecule has 0 amide bonds. The van der Waals surface area contributed by atoms with Gasteiger partial charge in [-0.1, -0.05) is 65.0 Å². The van der Waals surface area contributed by atoms with Crippen molar-refractivity contribution >= 4 is 48.1 Å². The molecule has 15 nitrogen and oxygen atoms in total. The summed E-state index contributed by atoms with van der Waals surface area (Å²) in [5, 5.41) is 22.2. The Morgan fingerprint density at radius 1 is 1.12 bits per heavy atom. The maximum absolute atomic E-state index is 13.5. The Morgan fingerprint density at radius 2 is 1.75 bits per heavy atom. The quantitative estimate of drug-likeness (QED) is 0.0583. The van der Waals surface area contributed by atoms with E-state index in [2.05, 4.69) is 11.1 Å². The second-order valence-corrected chi connectivity index (χ2v) is 15.3. The molecule has 1 aliphatic heterocycles. The normalized spacial score (nSPS) is 20.9. The fraction of sp³-hybridized carbons (Fsp3) is 0.676. The van der Waals surface area contributed by atoms with Crippen LogP contribution in [0.1, 0.15) is 96.4 Å². The molecule has 1 aliphatic carbocycles. The van der Waals surface area contributed by atoms with Gasteiger partial charge in [-0.3, -0.25) is 28.0 Å². The second kappa shape index (κ2) is 19.1. The summed E-state index contributed by atoms with van der Waals surface area (Å²) < 4.78 is 53.2. The monoisotopic (exact) mass is 755 g/mol. The zero-order chi connectivity index (χ0) is 37.1. The lowest BCUT2D eigenvalue weighted by molar-refractivity contribution is -0.161. The molecule has 2 aliphatic rings. The Bertz CT molecular complexity index is 1580. The van der Waals surface area contributed by atoms with Crippen molar-refractivity contribution in [1.29, 1.82) is 5.26 Å². The molecule has 0 bridgehead atoms. The topological polar surface area (TPSA) is 195 Å². The summed E-state index contributed by atoms with van der Waals surface area (Å²) in [5.41, 5.74) is 1.48. The van der Waals surface area contributed by atoms with Crippen molar-refractivity contribution in [3.05, 3.63) is 28.5 Å². The number of carbonyl (C=O) groups excluding carboxylic acids is 3. The van der Waals surface area contributed by atoms with Gasteiger partial charge in [-0.15, -0.1) is 0 Å². The largest absolute Gasteiger partial charge is 0.456 e. The number of pyridine rings is 1. The van der Waals surface area contributed by atoms with E-state index in [-0.39, 0.29) is 24.6 Å². The second-order valence-electron chi connectivity index (χ2n) is 12.9. The highest BCUT2D eigenvalue weighted by atomic mass is 35.5. The molecule has 1 N–H and O–H groups in total. The van der Waals surface area contributed by atoms with Crippen LogP contribution in [0.5, 0.6) is 0 Å². The number of rotatable bonds is 19. The Labute approximate surface area is 302 Å². The van der Waals surface area contributed by atoms with E-state index >= 15 is 0 Å². The average molecular weight is 756 g/mol. The third-order valence-corrected chi connectivity index (χ3v) is 10.5. The van der Waals surface area contributed by atoms with Crippen molar-refractivity contribution in [2.45, 2.75) is 110 Å². The molecule has 51 heavy (non-hydrogen) atoms. The Kier molecular flexibility index (Phi) is 15.3. The van der Waals surface area contributed by atoms with Crippen LogP contribution in [0.2, 0.25) is 5.15 Å². The van der Waals surface area contributed by atoms with E-state index in [1.165, 1.54) is 0 Å². The molecule has 17 heteroatoms. The third kappa shape index (κ3) is 10.7. The highest BCUT2D eigenvalue weighted by Gasteiger charge is 2.48. The first-order valence-corrected chi connectivity index (χ1v) is 19.4. The zero-order valence-electron chi connectivity index (χ0n) is 29.4. The summed E-state index contributed by atoms with van der Waals surface area (Å²) in [6, 6.07) is 3.99. The molecule has 0 spiro atoms. The van der Waals surface area contributed by atoms with Gasteiger partial charge in [0.1, 0.15) is 35.4 Å². The molecule has 1 saturated carbocycles. The predicted molar refractivity (Wildman–Crippen MR) is 182 cm³/mol. The standard InChI is InChI=1S/C34H47ClN3O12P/c1-5-9-27(39)45-18-47-51(43,48-19-46-28(40)10-6-2)20-44-17-26-30(50-34(42)21(3)4)29(41)33(49-26)38-14-13-23-24(15-22-11-7-8-12-22)25(16-36)31(35)37-32(23)38/h13-14,21-22,26,29-30,33,41H,5-12,15,17-20H2,1-4H3/t26-,29-,30-,33-/m1/s1. The van der Waals surface area contributed by atoms with Gasteiger partial charge in [0.05, 0.1) is 18.1 Å². The van der Waals surface area contributed by atoms with Crippen molar-refractivity contribution in [3.63, 3.8) is 0 Å². The van der Waals surface area contributed by atoms with E-state index in [4.69, 9.17) is 44.3 Å². The van der Waals surface area contributed by atoms with Crippen LogP contribution < -0.4 is 0 Å². The van der Waals surface area contributed by atoms with Gasteiger partial charge in [-0.25, -0.2) is 4.98 Å². The smallest absolute Gasteiger partial charge is 0.361 e. The van der Waals surface area contributed by atoms with Crippen LogP contribution in [0.4, 0.5) is 0 Å². The Balaban J connectivity index is 1.54. The molecule has 1 saturated heterocycles. The highest BCUT2D eigenvalue weighted by molar-refractivity contribution is 7.53. The first-order valence-electron chi connectivity index (χ1n) is 17.3. The summed E-state index contributed by atoms with van der Waals surface area (Å²) in [7, 11) is -4.19. The van der Waals surface area contributed by atoms with E-state index < -0.39 is 75.9 Å². The number of aromatic nitrogens is 2. The number of nitrogens with zero attached hydrogens (tertiary/aromatic N) is 3. The van der Waals surface area contributed by atoms with E-state index in [9.17, 15) is 29.3 Å². The van der Waals surface area contributed by atoms with E-state index in [0.717, 1.165) is 31.2 Å². The first-order chi connectivity index (χ1) is 24.4. The fourth-order valence-electron chi connectivity index (χ4n) is 6.02. The van der Waals surface area contributed by atoms with Crippen LogP contribution in [0.25, 0.3) is 11.0 Å². The van der Waals surface area contributed by atoms with Crippen molar-refractivity contribution in [2.24, 2.45) is 11.8 Å². The highest BCUT2D eigenvalue weighted by Crippen LogP contribution is 2.48. The minimum absolute atomic E-state index is 0.0320. The summed E-state index contributed by atoms with van der Waals surface area (Å²) in [5.74, 6) is -1.86. The third-order valence-electron chi connectivity index (χ3n) is 8.69. The molecule has 0 unspecified atom stereocenters. The van der Waals surface area contributed by atoms with Crippen LogP contribution in [-0.4, -0.2) is 77.4 Å². The molecule has 282 valence electrons. The van der Waals surface area contributed by atoms with Crippen LogP contribution in [0.3, 0.4) is 0 Å². The Hall–Kier alpha value is -3.09. The number of nitriles is 1.